The molecule has 1 heterocycles. The Morgan fingerprint density at radius 3 is 2.75 bits per heavy atom. The summed E-state index contributed by atoms with van der Waals surface area (Å²) in [7, 11) is 0. The van der Waals surface area contributed by atoms with Gasteiger partial charge in [-0.05, 0) is 0 Å². The summed E-state index contributed by atoms with van der Waals surface area (Å²) >= 11 is 1.24. The number of rotatable bonds is 5. The number of aliphatic hydroxyl groups excluding tert-OH is 1. The minimum atomic E-state index is -1.07. The van der Waals surface area contributed by atoms with Gasteiger partial charge in [0.05, 0.1) is 11.5 Å². The number of carbonyl (C=O) groups is 1. The molecule has 1 aromatic rings. The first kappa shape index (κ1) is 12.9. The molecule has 88 valence electrons. The number of nitrogens with zero attached hydrogens (tertiary/aromatic N) is 2. The lowest BCUT2D eigenvalue weighted by Gasteiger charge is -2.07. The van der Waals surface area contributed by atoms with Gasteiger partial charge in [0.25, 0.3) is 0 Å². The van der Waals surface area contributed by atoms with Crippen LogP contribution in [0.1, 0.15) is 36.1 Å². The monoisotopic (exact) mass is 242 g/mol. The van der Waals surface area contributed by atoms with Gasteiger partial charge in [-0.2, -0.15) is 0 Å². The van der Waals surface area contributed by atoms with Crippen molar-refractivity contribution in [2.24, 2.45) is 0 Å². The van der Waals surface area contributed by atoms with Crippen LogP contribution in [0.3, 0.4) is 0 Å². The number of carboxylic acids is 1. The maximum absolute atomic E-state index is 11.0. The van der Waals surface area contributed by atoms with Gasteiger partial charge in [0.15, 0.2) is 5.69 Å². The Hall–Kier alpha value is -1.14. The molecular formula is C10H14N2O3S. The molecule has 0 aliphatic heterocycles. The van der Waals surface area contributed by atoms with Crippen LogP contribution in [0.2, 0.25) is 0 Å². The molecule has 0 fully saturated rings. The summed E-state index contributed by atoms with van der Waals surface area (Å²) in [5.74, 6) is -0.0181. The molecule has 0 atom stereocenters. The summed E-state index contributed by atoms with van der Waals surface area (Å²) < 4.78 is 0. The Balaban J connectivity index is 3.04. The smallest absolute Gasteiger partial charge is 0.355 e. The lowest BCUT2D eigenvalue weighted by atomic mass is 10.2. The van der Waals surface area contributed by atoms with E-state index >= 15 is 0 Å². The molecule has 0 aliphatic rings. The second-order valence-corrected chi connectivity index (χ2v) is 4.61. The van der Waals surface area contributed by atoms with E-state index in [2.05, 4.69) is 9.97 Å². The maximum atomic E-state index is 11.0. The molecular weight excluding hydrogens is 228 g/mol. The summed E-state index contributed by atoms with van der Waals surface area (Å²) in [5.41, 5.74) is 0.0113. The fraction of sp³-hybridized carbons (Fsp3) is 0.500. The van der Waals surface area contributed by atoms with Gasteiger partial charge in [-0.3, -0.25) is 0 Å². The third-order valence-electron chi connectivity index (χ3n) is 1.84. The van der Waals surface area contributed by atoms with Crippen molar-refractivity contribution in [3.8, 4) is 0 Å². The standard InChI is InChI=1S/C10H14N2O3S/c1-6(2)9-11-5-7(16-4-3-13)8(12-9)10(14)15/h5-6,13H,3-4H2,1-2H3,(H,14,15). The van der Waals surface area contributed by atoms with Gasteiger partial charge in [-0.15, -0.1) is 11.8 Å². The predicted octanol–water partition coefficient (Wildman–Crippen LogP) is 1.38. The Bertz CT molecular complexity index is 382. The summed E-state index contributed by atoms with van der Waals surface area (Å²) in [6, 6.07) is 0. The summed E-state index contributed by atoms with van der Waals surface area (Å²) in [6.45, 7) is 3.80. The maximum Gasteiger partial charge on any atom is 0.355 e. The van der Waals surface area contributed by atoms with Gasteiger partial charge in [-0.25, -0.2) is 14.8 Å². The minimum Gasteiger partial charge on any atom is -0.476 e. The molecule has 0 bridgehead atoms. The predicted molar refractivity (Wildman–Crippen MR) is 60.9 cm³/mol. The Morgan fingerprint density at radius 1 is 1.56 bits per heavy atom. The Morgan fingerprint density at radius 2 is 2.25 bits per heavy atom. The van der Waals surface area contributed by atoms with Crippen LogP contribution >= 0.6 is 11.8 Å². The molecule has 0 saturated heterocycles. The Labute approximate surface area is 97.9 Å². The van der Waals surface area contributed by atoms with E-state index < -0.39 is 5.97 Å². The van der Waals surface area contributed by atoms with Crippen molar-refractivity contribution in [1.29, 1.82) is 0 Å². The summed E-state index contributed by atoms with van der Waals surface area (Å²) in [5, 5.41) is 17.7. The van der Waals surface area contributed by atoms with Crippen molar-refractivity contribution in [2.75, 3.05) is 12.4 Å². The van der Waals surface area contributed by atoms with Gasteiger partial charge >= 0.3 is 5.97 Å². The normalized spacial score (nSPS) is 10.8. The quantitative estimate of drug-likeness (QED) is 0.759. The fourth-order valence-electron chi connectivity index (χ4n) is 1.08. The van der Waals surface area contributed by atoms with Gasteiger partial charge < -0.3 is 10.2 Å². The molecule has 0 radical (unpaired) electrons. The first-order valence-electron chi connectivity index (χ1n) is 4.90. The topological polar surface area (TPSA) is 83.3 Å². The molecule has 0 saturated carbocycles. The largest absolute Gasteiger partial charge is 0.476 e. The van der Waals surface area contributed by atoms with Crippen LogP contribution in [0.4, 0.5) is 0 Å². The molecule has 1 aromatic heterocycles. The number of aromatic nitrogens is 2. The van der Waals surface area contributed by atoms with Crippen molar-refractivity contribution >= 4 is 17.7 Å². The highest BCUT2D eigenvalue weighted by molar-refractivity contribution is 7.99. The van der Waals surface area contributed by atoms with E-state index in [-0.39, 0.29) is 18.2 Å². The van der Waals surface area contributed by atoms with E-state index in [9.17, 15) is 4.79 Å². The number of aromatic carboxylic acids is 1. The third-order valence-corrected chi connectivity index (χ3v) is 2.84. The lowest BCUT2D eigenvalue weighted by molar-refractivity contribution is 0.0685. The van der Waals surface area contributed by atoms with E-state index in [1.54, 1.807) is 0 Å². The van der Waals surface area contributed by atoms with Crippen LogP contribution in [0.15, 0.2) is 11.1 Å². The molecule has 6 heteroatoms. The van der Waals surface area contributed by atoms with Crippen molar-refractivity contribution in [2.45, 2.75) is 24.7 Å². The van der Waals surface area contributed by atoms with Gasteiger partial charge in [-0.1, -0.05) is 13.8 Å². The summed E-state index contributed by atoms with van der Waals surface area (Å²) in [4.78, 5) is 19.6. The highest BCUT2D eigenvalue weighted by Gasteiger charge is 2.15. The second-order valence-electron chi connectivity index (χ2n) is 3.47. The van der Waals surface area contributed by atoms with E-state index in [0.29, 0.717) is 16.5 Å². The van der Waals surface area contributed by atoms with E-state index in [4.69, 9.17) is 10.2 Å². The van der Waals surface area contributed by atoms with Crippen molar-refractivity contribution in [1.82, 2.24) is 9.97 Å². The zero-order chi connectivity index (χ0) is 12.1. The van der Waals surface area contributed by atoms with Crippen molar-refractivity contribution < 1.29 is 15.0 Å². The number of thioether (sulfide) groups is 1. The highest BCUT2D eigenvalue weighted by atomic mass is 32.2. The number of carboxylic acid groups (broad SMARTS) is 1. The van der Waals surface area contributed by atoms with Crippen LogP contribution in [-0.4, -0.2) is 38.5 Å². The molecule has 16 heavy (non-hydrogen) atoms. The van der Waals surface area contributed by atoms with Crippen LogP contribution in [-0.2, 0) is 0 Å². The van der Waals surface area contributed by atoms with Gasteiger partial charge in [0.2, 0.25) is 0 Å². The average Bonchev–Trinajstić information content (AvgIpc) is 2.25. The molecule has 5 nitrogen and oxygen atoms in total. The number of hydrogen-bond donors (Lipinski definition) is 2. The van der Waals surface area contributed by atoms with E-state index in [1.165, 1.54) is 18.0 Å². The minimum absolute atomic E-state index is 0.00431. The summed E-state index contributed by atoms with van der Waals surface area (Å²) in [6.07, 6.45) is 1.51. The first-order chi connectivity index (χ1) is 7.56. The fourth-order valence-corrected chi connectivity index (χ4v) is 1.79. The Kier molecular flexibility index (Phi) is 4.70. The molecule has 0 amide bonds. The zero-order valence-corrected chi connectivity index (χ0v) is 9.99. The third kappa shape index (κ3) is 3.18. The molecule has 0 aromatic carbocycles. The van der Waals surface area contributed by atoms with Gasteiger partial charge in [0.1, 0.15) is 5.82 Å². The molecule has 0 spiro atoms. The van der Waals surface area contributed by atoms with Gasteiger partial charge in [0, 0.05) is 17.9 Å². The van der Waals surface area contributed by atoms with E-state index in [0.717, 1.165) is 0 Å². The second kappa shape index (κ2) is 5.81. The number of aliphatic hydroxyl groups is 1. The molecule has 0 aliphatic carbocycles. The zero-order valence-electron chi connectivity index (χ0n) is 9.17. The average molecular weight is 242 g/mol. The SMILES string of the molecule is CC(C)c1ncc(SCCO)c(C(=O)O)n1. The molecule has 2 N–H and O–H groups in total. The molecule has 0 unspecified atom stereocenters. The van der Waals surface area contributed by atoms with Crippen LogP contribution < -0.4 is 0 Å². The van der Waals surface area contributed by atoms with E-state index in [1.807, 2.05) is 13.8 Å². The number of hydrogen-bond acceptors (Lipinski definition) is 5. The highest BCUT2D eigenvalue weighted by Crippen LogP contribution is 2.22. The van der Waals surface area contributed by atoms with Crippen LogP contribution in [0, 0.1) is 0 Å². The first-order valence-corrected chi connectivity index (χ1v) is 5.88. The van der Waals surface area contributed by atoms with Crippen LogP contribution in [0.5, 0.6) is 0 Å². The van der Waals surface area contributed by atoms with Crippen LogP contribution in [0.25, 0.3) is 0 Å². The molecule has 1 rings (SSSR count). The van der Waals surface area contributed by atoms with Crippen molar-refractivity contribution in [3.63, 3.8) is 0 Å². The lowest BCUT2D eigenvalue weighted by Crippen LogP contribution is -2.08. The van der Waals surface area contributed by atoms with Crippen molar-refractivity contribution in [3.05, 3.63) is 17.7 Å².